The lowest BCUT2D eigenvalue weighted by atomic mass is 10.1. The molecule has 1 aliphatic heterocycles. The lowest BCUT2D eigenvalue weighted by Gasteiger charge is -2.32. The van der Waals surface area contributed by atoms with Crippen LogP contribution in [0.4, 0.5) is 0 Å². The van der Waals surface area contributed by atoms with Gasteiger partial charge in [0.05, 0.1) is 19.3 Å². The van der Waals surface area contributed by atoms with E-state index in [0.717, 1.165) is 51.5 Å². The third-order valence-corrected chi connectivity index (χ3v) is 4.23. The Labute approximate surface area is 128 Å². The highest BCUT2D eigenvalue weighted by molar-refractivity contribution is 5.78. The maximum Gasteiger partial charge on any atom is 0.234 e. The number of rotatable bonds is 9. The molecule has 2 N–H and O–H groups in total. The summed E-state index contributed by atoms with van der Waals surface area (Å²) >= 11 is 0. The smallest absolute Gasteiger partial charge is 0.234 e. The van der Waals surface area contributed by atoms with Crippen LogP contribution < -0.4 is 10.6 Å². The summed E-state index contributed by atoms with van der Waals surface area (Å²) in [5, 5.41) is 6.39. The first-order chi connectivity index (χ1) is 10.1. The van der Waals surface area contributed by atoms with Gasteiger partial charge in [0.2, 0.25) is 5.91 Å². The predicted molar refractivity (Wildman–Crippen MR) is 84.3 cm³/mol. The first-order valence-electron chi connectivity index (χ1n) is 8.47. The van der Waals surface area contributed by atoms with E-state index in [1.807, 2.05) is 0 Å². The van der Waals surface area contributed by atoms with Gasteiger partial charge in [-0.15, -0.1) is 0 Å². The molecule has 1 saturated carbocycles. The van der Waals surface area contributed by atoms with Gasteiger partial charge in [0.1, 0.15) is 0 Å². The van der Waals surface area contributed by atoms with Crippen LogP contribution in [0, 0.1) is 5.92 Å². The Balaban J connectivity index is 1.50. The number of likely N-dealkylation sites (tertiary alicyclic amines) is 1. The maximum atomic E-state index is 11.8. The summed E-state index contributed by atoms with van der Waals surface area (Å²) in [6.07, 6.45) is 5.07. The van der Waals surface area contributed by atoms with Gasteiger partial charge in [-0.2, -0.15) is 0 Å². The van der Waals surface area contributed by atoms with E-state index in [4.69, 9.17) is 4.74 Å². The van der Waals surface area contributed by atoms with E-state index in [0.29, 0.717) is 18.7 Å². The van der Waals surface area contributed by atoms with Crippen LogP contribution >= 0.6 is 0 Å². The van der Waals surface area contributed by atoms with Crippen LogP contribution in [0.3, 0.4) is 0 Å². The standard InChI is InChI=1S/C16H31N3O2/c1-13(2)21-10-9-19-7-5-15(6-8-19)18-16(20)12-17-11-14-3-4-14/h13-15,17H,3-12H2,1-2H3,(H,18,20). The van der Waals surface area contributed by atoms with Crippen molar-refractivity contribution in [3.63, 3.8) is 0 Å². The molecule has 1 saturated heterocycles. The fourth-order valence-corrected chi connectivity index (χ4v) is 2.71. The summed E-state index contributed by atoms with van der Waals surface area (Å²) in [6, 6.07) is 0.350. The third-order valence-electron chi connectivity index (χ3n) is 4.23. The normalized spacial score (nSPS) is 20.9. The van der Waals surface area contributed by atoms with Crippen molar-refractivity contribution >= 4 is 5.91 Å². The van der Waals surface area contributed by atoms with E-state index in [-0.39, 0.29) is 5.91 Å². The van der Waals surface area contributed by atoms with Crippen molar-refractivity contribution in [3.8, 4) is 0 Å². The average Bonchev–Trinajstić information content (AvgIpc) is 3.24. The van der Waals surface area contributed by atoms with Gasteiger partial charge < -0.3 is 20.3 Å². The zero-order valence-electron chi connectivity index (χ0n) is 13.6. The molecule has 2 rings (SSSR count). The zero-order valence-corrected chi connectivity index (χ0v) is 13.6. The van der Waals surface area contributed by atoms with Crippen molar-refractivity contribution < 1.29 is 9.53 Å². The van der Waals surface area contributed by atoms with Crippen LogP contribution in [0.2, 0.25) is 0 Å². The SMILES string of the molecule is CC(C)OCCN1CCC(NC(=O)CNCC2CC2)CC1. The summed E-state index contributed by atoms with van der Waals surface area (Å²) in [5.41, 5.74) is 0. The van der Waals surface area contributed by atoms with Crippen LogP contribution in [0.25, 0.3) is 0 Å². The average molecular weight is 297 g/mol. The van der Waals surface area contributed by atoms with Crippen molar-refractivity contribution in [2.45, 2.75) is 51.7 Å². The Morgan fingerprint density at radius 2 is 1.95 bits per heavy atom. The van der Waals surface area contributed by atoms with Crippen LogP contribution in [-0.4, -0.2) is 62.3 Å². The molecule has 0 unspecified atom stereocenters. The Bertz CT molecular complexity index is 311. The number of hydrogen-bond donors (Lipinski definition) is 2. The highest BCUT2D eigenvalue weighted by Crippen LogP contribution is 2.27. The van der Waals surface area contributed by atoms with Gasteiger partial charge >= 0.3 is 0 Å². The summed E-state index contributed by atoms with van der Waals surface area (Å²) in [6.45, 7) is 9.53. The fraction of sp³-hybridized carbons (Fsp3) is 0.938. The lowest BCUT2D eigenvalue weighted by Crippen LogP contribution is -2.47. The van der Waals surface area contributed by atoms with Crippen molar-refractivity contribution in [2.24, 2.45) is 5.92 Å². The Morgan fingerprint density at radius 3 is 2.57 bits per heavy atom. The number of amides is 1. The second-order valence-electron chi connectivity index (χ2n) is 6.68. The second kappa shape index (κ2) is 8.71. The van der Waals surface area contributed by atoms with Crippen LogP contribution in [0.1, 0.15) is 39.5 Å². The Hall–Kier alpha value is -0.650. The van der Waals surface area contributed by atoms with E-state index in [9.17, 15) is 4.79 Å². The molecular weight excluding hydrogens is 266 g/mol. The van der Waals surface area contributed by atoms with E-state index in [1.165, 1.54) is 12.8 Å². The number of nitrogens with zero attached hydrogens (tertiary/aromatic N) is 1. The Kier molecular flexibility index (Phi) is 6.93. The predicted octanol–water partition coefficient (Wildman–Crippen LogP) is 0.992. The fourth-order valence-electron chi connectivity index (χ4n) is 2.71. The largest absolute Gasteiger partial charge is 0.377 e. The van der Waals surface area contributed by atoms with Crippen molar-refractivity contribution in [3.05, 3.63) is 0 Å². The van der Waals surface area contributed by atoms with Crippen LogP contribution in [0.5, 0.6) is 0 Å². The number of carbonyl (C=O) groups excluding carboxylic acids is 1. The number of ether oxygens (including phenoxy) is 1. The van der Waals surface area contributed by atoms with Gasteiger partial charge in [0.15, 0.2) is 0 Å². The highest BCUT2D eigenvalue weighted by atomic mass is 16.5. The van der Waals surface area contributed by atoms with Gasteiger partial charge in [-0.25, -0.2) is 0 Å². The molecule has 2 fully saturated rings. The van der Waals surface area contributed by atoms with Gasteiger partial charge in [0.25, 0.3) is 0 Å². The highest BCUT2D eigenvalue weighted by Gasteiger charge is 2.22. The Morgan fingerprint density at radius 1 is 1.24 bits per heavy atom. The summed E-state index contributed by atoms with van der Waals surface area (Å²) < 4.78 is 5.58. The minimum absolute atomic E-state index is 0.150. The number of nitrogens with one attached hydrogen (secondary N) is 2. The molecule has 0 radical (unpaired) electrons. The molecule has 2 aliphatic rings. The van der Waals surface area contributed by atoms with Gasteiger partial charge in [0, 0.05) is 25.7 Å². The first kappa shape index (κ1) is 16.7. The maximum absolute atomic E-state index is 11.8. The summed E-state index contributed by atoms with van der Waals surface area (Å²) in [4.78, 5) is 14.3. The molecule has 0 bridgehead atoms. The zero-order chi connectivity index (χ0) is 15.1. The molecule has 0 atom stereocenters. The third kappa shape index (κ3) is 7.25. The molecule has 21 heavy (non-hydrogen) atoms. The molecule has 0 aromatic rings. The first-order valence-corrected chi connectivity index (χ1v) is 8.47. The molecule has 1 heterocycles. The summed E-state index contributed by atoms with van der Waals surface area (Å²) in [5.74, 6) is 0.978. The molecular formula is C16H31N3O2. The van der Waals surface area contributed by atoms with E-state index in [1.54, 1.807) is 0 Å². The molecule has 0 aromatic carbocycles. The van der Waals surface area contributed by atoms with Crippen molar-refractivity contribution in [1.29, 1.82) is 0 Å². The molecule has 0 aromatic heterocycles. The minimum Gasteiger partial charge on any atom is -0.377 e. The van der Waals surface area contributed by atoms with Crippen LogP contribution in [0.15, 0.2) is 0 Å². The van der Waals surface area contributed by atoms with Crippen LogP contribution in [-0.2, 0) is 9.53 Å². The van der Waals surface area contributed by atoms with E-state index < -0.39 is 0 Å². The molecule has 1 amide bonds. The summed E-state index contributed by atoms with van der Waals surface area (Å²) in [7, 11) is 0. The van der Waals surface area contributed by atoms with Gasteiger partial charge in [-0.1, -0.05) is 0 Å². The minimum atomic E-state index is 0.150. The molecule has 0 spiro atoms. The van der Waals surface area contributed by atoms with E-state index in [2.05, 4.69) is 29.4 Å². The monoisotopic (exact) mass is 297 g/mol. The quantitative estimate of drug-likeness (QED) is 0.666. The van der Waals surface area contributed by atoms with Gasteiger partial charge in [-0.3, -0.25) is 4.79 Å². The topological polar surface area (TPSA) is 53.6 Å². The van der Waals surface area contributed by atoms with Crippen molar-refractivity contribution in [2.75, 3.05) is 39.3 Å². The lowest BCUT2D eigenvalue weighted by molar-refractivity contribution is -0.121. The molecule has 5 heteroatoms. The van der Waals surface area contributed by atoms with Gasteiger partial charge in [-0.05, 0) is 52.0 Å². The van der Waals surface area contributed by atoms with Crippen molar-refractivity contribution in [1.82, 2.24) is 15.5 Å². The number of hydrogen-bond acceptors (Lipinski definition) is 4. The van der Waals surface area contributed by atoms with E-state index >= 15 is 0 Å². The second-order valence-corrected chi connectivity index (χ2v) is 6.68. The number of piperidine rings is 1. The number of carbonyl (C=O) groups is 1. The molecule has 1 aliphatic carbocycles. The molecule has 5 nitrogen and oxygen atoms in total. The molecule has 122 valence electrons.